The SMILES string of the molecule is O=S1(=O)C[C@H](NCCNC(c2ccccc2)c2ccccc2)[C@@H](O)C1. The maximum atomic E-state index is 11.5. The van der Waals surface area contributed by atoms with Gasteiger partial charge in [0.05, 0.1) is 23.7 Å². The Morgan fingerprint density at radius 3 is 1.96 bits per heavy atom. The first-order valence-electron chi connectivity index (χ1n) is 8.50. The van der Waals surface area contributed by atoms with Gasteiger partial charge in [0.15, 0.2) is 9.84 Å². The van der Waals surface area contributed by atoms with Gasteiger partial charge in [-0.15, -0.1) is 0 Å². The largest absolute Gasteiger partial charge is 0.390 e. The highest BCUT2D eigenvalue weighted by Gasteiger charge is 2.35. The number of hydrogen-bond acceptors (Lipinski definition) is 5. The number of rotatable bonds is 7. The van der Waals surface area contributed by atoms with Crippen LogP contribution in [0.5, 0.6) is 0 Å². The Bertz CT molecular complexity index is 726. The van der Waals surface area contributed by atoms with Gasteiger partial charge in [-0.05, 0) is 11.1 Å². The zero-order valence-corrected chi connectivity index (χ0v) is 14.8. The van der Waals surface area contributed by atoms with Gasteiger partial charge < -0.3 is 15.7 Å². The van der Waals surface area contributed by atoms with E-state index in [9.17, 15) is 13.5 Å². The smallest absolute Gasteiger partial charge is 0.154 e. The Morgan fingerprint density at radius 2 is 1.48 bits per heavy atom. The molecule has 2 atom stereocenters. The van der Waals surface area contributed by atoms with Crippen molar-refractivity contribution < 1.29 is 13.5 Å². The molecule has 2 aromatic rings. The number of hydrogen-bond donors (Lipinski definition) is 3. The van der Waals surface area contributed by atoms with E-state index in [1.54, 1.807) is 0 Å². The molecular formula is C19H24N2O3S. The van der Waals surface area contributed by atoms with E-state index in [0.717, 1.165) is 0 Å². The van der Waals surface area contributed by atoms with Crippen molar-refractivity contribution in [1.82, 2.24) is 10.6 Å². The predicted molar refractivity (Wildman–Crippen MR) is 99.2 cm³/mol. The van der Waals surface area contributed by atoms with Gasteiger partial charge in [-0.2, -0.15) is 0 Å². The van der Waals surface area contributed by atoms with Crippen molar-refractivity contribution in [1.29, 1.82) is 0 Å². The van der Waals surface area contributed by atoms with Crippen molar-refractivity contribution in [3.05, 3.63) is 71.8 Å². The molecule has 0 radical (unpaired) electrons. The molecule has 0 aliphatic carbocycles. The van der Waals surface area contributed by atoms with Gasteiger partial charge in [0, 0.05) is 19.1 Å². The highest BCUT2D eigenvalue weighted by Crippen LogP contribution is 2.21. The lowest BCUT2D eigenvalue weighted by atomic mass is 9.99. The lowest BCUT2D eigenvalue weighted by molar-refractivity contribution is 0.166. The van der Waals surface area contributed by atoms with E-state index in [1.807, 2.05) is 36.4 Å². The third kappa shape index (κ3) is 4.89. The summed E-state index contributed by atoms with van der Waals surface area (Å²) in [5.41, 5.74) is 2.36. The van der Waals surface area contributed by atoms with Crippen LogP contribution < -0.4 is 10.6 Å². The highest BCUT2D eigenvalue weighted by atomic mass is 32.2. The number of aliphatic hydroxyl groups excluding tert-OH is 1. The molecule has 0 amide bonds. The van der Waals surface area contributed by atoms with Crippen LogP contribution in [0, 0.1) is 0 Å². The average Bonchev–Trinajstić information content (AvgIpc) is 2.88. The third-order valence-corrected chi connectivity index (χ3v) is 6.18. The van der Waals surface area contributed by atoms with Crippen molar-refractivity contribution >= 4 is 9.84 Å². The Balaban J connectivity index is 1.59. The van der Waals surface area contributed by atoms with Gasteiger partial charge in [-0.25, -0.2) is 8.42 Å². The molecule has 6 heteroatoms. The standard InChI is InChI=1S/C19H24N2O3S/c22-18-14-25(23,24)13-17(18)20-11-12-21-19(15-7-3-1-4-8-15)16-9-5-2-6-10-16/h1-10,17-22H,11-14H2/t17-,18-/m0/s1. The minimum absolute atomic E-state index is 0.00889. The number of aliphatic hydroxyl groups is 1. The van der Waals surface area contributed by atoms with E-state index in [2.05, 4.69) is 34.9 Å². The van der Waals surface area contributed by atoms with Crippen LogP contribution in [0.1, 0.15) is 17.2 Å². The van der Waals surface area contributed by atoms with Crippen LogP contribution in [0.25, 0.3) is 0 Å². The molecule has 1 fully saturated rings. The summed E-state index contributed by atoms with van der Waals surface area (Å²) in [6.07, 6.45) is -0.816. The topological polar surface area (TPSA) is 78.4 Å². The molecule has 1 aliphatic heterocycles. The van der Waals surface area contributed by atoms with Crippen LogP contribution >= 0.6 is 0 Å². The molecule has 3 rings (SSSR count). The van der Waals surface area contributed by atoms with Crippen molar-refractivity contribution in [2.45, 2.75) is 18.2 Å². The van der Waals surface area contributed by atoms with E-state index >= 15 is 0 Å². The van der Waals surface area contributed by atoms with E-state index < -0.39 is 15.9 Å². The summed E-state index contributed by atoms with van der Waals surface area (Å²) in [5, 5.41) is 16.5. The van der Waals surface area contributed by atoms with Crippen LogP contribution in [0.4, 0.5) is 0 Å². The summed E-state index contributed by atoms with van der Waals surface area (Å²) in [5.74, 6) is -0.135. The minimum Gasteiger partial charge on any atom is -0.390 e. The van der Waals surface area contributed by atoms with Gasteiger partial charge >= 0.3 is 0 Å². The molecule has 1 aliphatic rings. The van der Waals surface area contributed by atoms with Crippen molar-refractivity contribution in [3.63, 3.8) is 0 Å². The summed E-state index contributed by atoms with van der Waals surface area (Å²) in [4.78, 5) is 0. The minimum atomic E-state index is -3.12. The van der Waals surface area contributed by atoms with Gasteiger partial charge in [0.2, 0.25) is 0 Å². The van der Waals surface area contributed by atoms with E-state index in [4.69, 9.17) is 0 Å². The number of nitrogens with one attached hydrogen (secondary N) is 2. The first-order valence-corrected chi connectivity index (χ1v) is 10.3. The molecule has 3 N–H and O–H groups in total. The normalized spacial score (nSPS) is 22.3. The second-order valence-electron chi connectivity index (χ2n) is 6.41. The molecule has 1 saturated heterocycles. The Hall–Kier alpha value is -1.73. The second-order valence-corrected chi connectivity index (χ2v) is 8.57. The van der Waals surface area contributed by atoms with Crippen LogP contribution in [0.3, 0.4) is 0 Å². The molecule has 25 heavy (non-hydrogen) atoms. The van der Waals surface area contributed by atoms with Gasteiger partial charge in [-0.3, -0.25) is 0 Å². The van der Waals surface area contributed by atoms with Crippen LogP contribution in [0.2, 0.25) is 0 Å². The molecule has 0 unspecified atom stereocenters. The molecule has 0 aromatic heterocycles. The highest BCUT2D eigenvalue weighted by molar-refractivity contribution is 7.91. The van der Waals surface area contributed by atoms with E-state index in [0.29, 0.717) is 13.1 Å². The first kappa shape index (κ1) is 18.1. The van der Waals surface area contributed by atoms with Gasteiger partial charge in [-0.1, -0.05) is 60.7 Å². The Morgan fingerprint density at radius 1 is 0.920 bits per heavy atom. The Kier molecular flexibility index (Phi) is 5.86. The molecule has 1 heterocycles. The molecule has 2 aromatic carbocycles. The summed E-state index contributed by atoms with van der Waals surface area (Å²) in [6, 6.07) is 20.1. The molecule has 134 valence electrons. The maximum Gasteiger partial charge on any atom is 0.154 e. The second kappa shape index (κ2) is 8.10. The monoisotopic (exact) mass is 360 g/mol. The zero-order valence-electron chi connectivity index (χ0n) is 14.0. The van der Waals surface area contributed by atoms with Crippen LogP contribution in [-0.4, -0.2) is 50.3 Å². The summed E-state index contributed by atoms with van der Waals surface area (Å²) >= 11 is 0. The Labute approximate surface area is 149 Å². The summed E-state index contributed by atoms with van der Waals surface area (Å²) in [7, 11) is -3.12. The zero-order chi connectivity index (χ0) is 17.7. The van der Waals surface area contributed by atoms with Gasteiger partial charge in [0.25, 0.3) is 0 Å². The fourth-order valence-corrected chi connectivity index (χ4v) is 4.99. The number of benzene rings is 2. The maximum absolute atomic E-state index is 11.5. The molecule has 0 spiro atoms. The van der Waals surface area contributed by atoms with E-state index in [-0.39, 0.29) is 23.6 Å². The van der Waals surface area contributed by atoms with Crippen molar-refractivity contribution in [2.75, 3.05) is 24.6 Å². The van der Waals surface area contributed by atoms with Crippen molar-refractivity contribution in [3.8, 4) is 0 Å². The summed E-state index contributed by atoms with van der Waals surface area (Å²) < 4.78 is 23.1. The van der Waals surface area contributed by atoms with Gasteiger partial charge in [0.1, 0.15) is 0 Å². The average molecular weight is 360 g/mol. The third-order valence-electron chi connectivity index (χ3n) is 4.47. The molecule has 0 bridgehead atoms. The van der Waals surface area contributed by atoms with Crippen LogP contribution in [-0.2, 0) is 9.84 Å². The van der Waals surface area contributed by atoms with Crippen LogP contribution in [0.15, 0.2) is 60.7 Å². The molecular weight excluding hydrogens is 336 g/mol. The lowest BCUT2D eigenvalue weighted by Gasteiger charge is -2.21. The lowest BCUT2D eigenvalue weighted by Crippen LogP contribution is -2.42. The molecule has 5 nitrogen and oxygen atoms in total. The predicted octanol–water partition coefficient (Wildman–Crippen LogP) is 1.11. The fraction of sp³-hybridized carbons (Fsp3) is 0.368. The van der Waals surface area contributed by atoms with E-state index in [1.165, 1.54) is 11.1 Å². The quantitative estimate of drug-likeness (QED) is 0.645. The summed E-state index contributed by atoms with van der Waals surface area (Å²) in [6.45, 7) is 1.26. The number of sulfone groups is 1. The van der Waals surface area contributed by atoms with Crippen molar-refractivity contribution in [2.24, 2.45) is 0 Å². The fourth-order valence-electron chi connectivity index (χ4n) is 3.22. The molecule has 0 saturated carbocycles. The first-order chi connectivity index (χ1) is 12.1.